The molecule has 0 radical (unpaired) electrons. The Kier molecular flexibility index (Phi) is 4.89. The van der Waals surface area contributed by atoms with E-state index in [1.165, 1.54) is 4.31 Å². The monoisotopic (exact) mass is 326 g/mol. The van der Waals surface area contributed by atoms with Gasteiger partial charge in [-0.1, -0.05) is 30.3 Å². The number of carbonyl (C=O) groups is 1. The number of ether oxygens (including phenoxy) is 1. The molecule has 0 saturated carbocycles. The average Bonchev–Trinajstić information content (AvgIpc) is 2.46. The van der Waals surface area contributed by atoms with E-state index in [2.05, 4.69) is 0 Å². The number of benzene rings is 1. The van der Waals surface area contributed by atoms with Crippen LogP contribution in [0.4, 0.5) is 0 Å². The molecule has 1 aromatic rings. The molecular weight excluding hydrogens is 304 g/mol. The minimum atomic E-state index is -3.33. The van der Waals surface area contributed by atoms with E-state index in [0.717, 1.165) is 11.8 Å². The molecular formula is C15H22N2O4S. The maximum atomic E-state index is 12.7. The molecule has 1 fully saturated rings. The molecule has 0 spiro atoms. The molecule has 0 bridgehead atoms. The fourth-order valence-corrected chi connectivity index (χ4v) is 3.47. The van der Waals surface area contributed by atoms with Crippen molar-refractivity contribution in [1.82, 2.24) is 9.21 Å². The normalized spacial score (nSPS) is 23.2. The Bertz CT molecular complexity index is 632. The third kappa shape index (κ3) is 3.85. The van der Waals surface area contributed by atoms with E-state index in [1.54, 1.807) is 18.9 Å². The molecule has 1 aliphatic rings. The van der Waals surface area contributed by atoms with Crippen LogP contribution in [0.1, 0.15) is 12.5 Å². The van der Waals surface area contributed by atoms with Gasteiger partial charge in [0.25, 0.3) is 5.91 Å². The van der Waals surface area contributed by atoms with Crippen LogP contribution in [0, 0.1) is 0 Å². The van der Waals surface area contributed by atoms with Crippen molar-refractivity contribution in [2.45, 2.75) is 19.1 Å². The van der Waals surface area contributed by atoms with Crippen LogP contribution in [0.3, 0.4) is 0 Å². The second kappa shape index (κ2) is 6.36. The molecule has 7 heteroatoms. The summed E-state index contributed by atoms with van der Waals surface area (Å²) in [7, 11) is -1.63. The molecule has 1 aliphatic heterocycles. The number of rotatable bonds is 4. The molecule has 1 atom stereocenters. The van der Waals surface area contributed by atoms with E-state index in [9.17, 15) is 13.2 Å². The molecule has 1 saturated heterocycles. The van der Waals surface area contributed by atoms with Gasteiger partial charge in [-0.05, 0) is 12.5 Å². The van der Waals surface area contributed by atoms with Crippen molar-refractivity contribution in [2.75, 3.05) is 33.0 Å². The van der Waals surface area contributed by atoms with Crippen LogP contribution in [-0.2, 0) is 26.1 Å². The SMILES string of the molecule is CN(Cc1ccccc1)C(=O)C1(C)CN(S(C)(=O)=O)CCO1. The fraction of sp³-hybridized carbons (Fsp3) is 0.533. The standard InChI is InChI=1S/C15H22N2O4S/c1-15(12-17(9-10-21-15)22(3,19)20)14(18)16(2)11-13-7-5-4-6-8-13/h4-8H,9-12H2,1-3H3. The number of sulfonamides is 1. The highest BCUT2D eigenvalue weighted by molar-refractivity contribution is 7.88. The average molecular weight is 326 g/mol. The second-order valence-corrected chi connectivity index (χ2v) is 7.81. The van der Waals surface area contributed by atoms with Gasteiger partial charge in [0.2, 0.25) is 10.0 Å². The third-order valence-corrected chi connectivity index (χ3v) is 5.02. The van der Waals surface area contributed by atoms with Gasteiger partial charge in [0.1, 0.15) is 0 Å². The summed E-state index contributed by atoms with van der Waals surface area (Å²) in [4.78, 5) is 14.2. The summed E-state index contributed by atoms with van der Waals surface area (Å²) in [6, 6.07) is 9.63. The van der Waals surface area contributed by atoms with Crippen LogP contribution in [0.25, 0.3) is 0 Å². The Morgan fingerprint density at radius 2 is 2.00 bits per heavy atom. The van der Waals surface area contributed by atoms with E-state index >= 15 is 0 Å². The van der Waals surface area contributed by atoms with Crippen LogP contribution in [0.15, 0.2) is 30.3 Å². The molecule has 2 rings (SSSR count). The Morgan fingerprint density at radius 3 is 2.59 bits per heavy atom. The molecule has 1 amide bonds. The highest BCUT2D eigenvalue weighted by Gasteiger charge is 2.43. The predicted octanol–water partition coefficient (Wildman–Crippen LogP) is 0.696. The van der Waals surface area contributed by atoms with Crippen molar-refractivity contribution in [3.63, 3.8) is 0 Å². The van der Waals surface area contributed by atoms with Gasteiger partial charge in [0.15, 0.2) is 5.60 Å². The van der Waals surface area contributed by atoms with E-state index in [4.69, 9.17) is 4.74 Å². The molecule has 6 nitrogen and oxygen atoms in total. The van der Waals surface area contributed by atoms with Crippen LogP contribution >= 0.6 is 0 Å². The Hall–Kier alpha value is -1.44. The first-order valence-corrected chi connectivity index (χ1v) is 8.96. The first kappa shape index (κ1) is 16.9. The van der Waals surface area contributed by atoms with Crippen molar-refractivity contribution in [3.8, 4) is 0 Å². The number of hydrogen-bond donors (Lipinski definition) is 0. The molecule has 1 heterocycles. The lowest BCUT2D eigenvalue weighted by atomic mass is 10.0. The smallest absolute Gasteiger partial charge is 0.255 e. The zero-order valence-corrected chi connectivity index (χ0v) is 14.0. The van der Waals surface area contributed by atoms with Crippen molar-refractivity contribution in [3.05, 3.63) is 35.9 Å². The Morgan fingerprint density at radius 1 is 1.36 bits per heavy atom. The van der Waals surface area contributed by atoms with Gasteiger partial charge in [-0.25, -0.2) is 8.42 Å². The second-order valence-electron chi connectivity index (χ2n) is 5.82. The van der Waals surface area contributed by atoms with E-state index in [-0.39, 0.29) is 25.6 Å². The summed E-state index contributed by atoms with van der Waals surface area (Å²) in [6.07, 6.45) is 1.15. The van der Waals surface area contributed by atoms with Gasteiger partial charge in [-0.2, -0.15) is 4.31 Å². The van der Waals surface area contributed by atoms with Crippen LogP contribution < -0.4 is 0 Å². The third-order valence-electron chi connectivity index (χ3n) is 3.77. The molecule has 22 heavy (non-hydrogen) atoms. The molecule has 1 aromatic carbocycles. The predicted molar refractivity (Wildman–Crippen MR) is 83.7 cm³/mol. The van der Waals surface area contributed by atoms with Crippen LogP contribution in [-0.4, -0.2) is 62.1 Å². The Labute approximate surface area is 131 Å². The van der Waals surface area contributed by atoms with Gasteiger partial charge in [0, 0.05) is 20.1 Å². The zero-order valence-electron chi connectivity index (χ0n) is 13.2. The maximum absolute atomic E-state index is 12.7. The van der Waals surface area contributed by atoms with E-state index in [1.807, 2.05) is 30.3 Å². The lowest BCUT2D eigenvalue weighted by molar-refractivity contribution is -0.162. The number of hydrogen-bond acceptors (Lipinski definition) is 4. The van der Waals surface area contributed by atoms with Gasteiger partial charge in [-0.15, -0.1) is 0 Å². The van der Waals surface area contributed by atoms with Crippen LogP contribution in [0.2, 0.25) is 0 Å². The number of carbonyl (C=O) groups excluding carboxylic acids is 1. The summed E-state index contributed by atoms with van der Waals surface area (Å²) >= 11 is 0. The van der Waals surface area contributed by atoms with Crippen molar-refractivity contribution in [2.24, 2.45) is 0 Å². The van der Waals surface area contributed by atoms with Crippen molar-refractivity contribution < 1.29 is 17.9 Å². The first-order chi connectivity index (χ1) is 10.2. The van der Waals surface area contributed by atoms with E-state index < -0.39 is 15.6 Å². The van der Waals surface area contributed by atoms with Gasteiger partial charge in [0.05, 0.1) is 19.4 Å². The molecule has 0 aromatic heterocycles. The number of amides is 1. The molecule has 0 N–H and O–H groups in total. The lowest BCUT2D eigenvalue weighted by Crippen LogP contribution is -2.59. The van der Waals surface area contributed by atoms with Gasteiger partial charge < -0.3 is 9.64 Å². The highest BCUT2D eigenvalue weighted by Crippen LogP contribution is 2.22. The van der Waals surface area contributed by atoms with Gasteiger partial charge in [-0.3, -0.25) is 4.79 Å². The number of nitrogens with zero attached hydrogens (tertiary/aromatic N) is 2. The molecule has 1 unspecified atom stereocenters. The minimum absolute atomic E-state index is 0.0454. The summed E-state index contributed by atoms with van der Waals surface area (Å²) in [5.41, 5.74) is -0.136. The number of morpholine rings is 1. The number of likely N-dealkylation sites (N-methyl/N-ethyl adjacent to an activating group) is 1. The quantitative estimate of drug-likeness (QED) is 0.817. The summed E-state index contributed by atoms with van der Waals surface area (Å²) in [5, 5.41) is 0. The first-order valence-electron chi connectivity index (χ1n) is 7.11. The summed E-state index contributed by atoms with van der Waals surface area (Å²) in [5.74, 6) is -0.218. The molecule has 0 aliphatic carbocycles. The largest absolute Gasteiger partial charge is 0.363 e. The highest BCUT2D eigenvalue weighted by atomic mass is 32.2. The Balaban J connectivity index is 2.10. The lowest BCUT2D eigenvalue weighted by Gasteiger charge is -2.40. The van der Waals surface area contributed by atoms with E-state index in [0.29, 0.717) is 6.54 Å². The van der Waals surface area contributed by atoms with Crippen LogP contribution in [0.5, 0.6) is 0 Å². The van der Waals surface area contributed by atoms with Crippen molar-refractivity contribution >= 4 is 15.9 Å². The van der Waals surface area contributed by atoms with Gasteiger partial charge >= 0.3 is 0 Å². The molecule has 122 valence electrons. The maximum Gasteiger partial charge on any atom is 0.255 e. The fourth-order valence-electron chi connectivity index (χ4n) is 2.58. The zero-order chi connectivity index (χ0) is 16.4. The van der Waals surface area contributed by atoms with Crippen molar-refractivity contribution in [1.29, 1.82) is 0 Å². The minimum Gasteiger partial charge on any atom is -0.363 e. The topological polar surface area (TPSA) is 66.9 Å². The summed E-state index contributed by atoms with van der Waals surface area (Å²) in [6.45, 7) is 2.65. The summed E-state index contributed by atoms with van der Waals surface area (Å²) < 4.78 is 30.3.